The largest absolute Gasteiger partial charge is 0.573 e. The Morgan fingerprint density at radius 1 is 1.03 bits per heavy atom. The highest BCUT2D eigenvalue weighted by atomic mass is 32.2. The first-order chi connectivity index (χ1) is 18.4. The van der Waals surface area contributed by atoms with Crippen LogP contribution in [0.3, 0.4) is 0 Å². The topological polar surface area (TPSA) is 106 Å². The standard InChI is InChI=1S/C26H25F3N4O4S2/c1-16(34)32-14-19(31-39(30,36)18-12-10-17(11-13-18)37-26(27,28)29)25(35)22(15-32)33-20-6-2-4-8-23(20)38-24-9-5-3-7-21(24)33/h2-13,19,22,25,35H,14-15H2,1H3,(H2,30,31,36). The molecule has 3 aromatic rings. The number of carbonyl (C=O) groups is 1. The molecule has 13 heteroatoms. The number of hydrogen-bond donors (Lipinski definition) is 3. The number of ether oxygens (including phenoxy) is 1. The van der Waals surface area contributed by atoms with Crippen molar-refractivity contribution in [1.82, 2.24) is 9.62 Å². The first-order valence-corrected chi connectivity index (χ1v) is 14.3. The maximum absolute atomic E-state index is 13.4. The van der Waals surface area contributed by atoms with Gasteiger partial charge in [0.05, 0.1) is 34.5 Å². The third-order valence-electron chi connectivity index (χ3n) is 6.58. The number of piperidine rings is 1. The number of aliphatic hydroxyl groups excluding tert-OH is 1. The average molecular weight is 579 g/mol. The van der Waals surface area contributed by atoms with Crippen LogP contribution >= 0.6 is 11.8 Å². The van der Waals surface area contributed by atoms with Crippen LogP contribution < -0.4 is 14.4 Å². The molecule has 0 bridgehead atoms. The summed E-state index contributed by atoms with van der Waals surface area (Å²) in [6.07, 6.45) is -6.05. The number of benzene rings is 3. The zero-order valence-corrected chi connectivity index (χ0v) is 22.2. The summed E-state index contributed by atoms with van der Waals surface area (Å²) in [4.78, 5) is 17.9. The fraction of sp³-hybridized carbons (Fsp3) is 0.269. The molecule has 0 radical (unpaired) electrons. The van der Waals surface area contributed by atoms with Gasteiger partial charge in [-0.2, -0.15) is 0 Å². The van der Waals surface area contributed by atoms with Gasteiger partial charge in [0.25, 0.3) is 0 Å². The second-order valence-electron chi connectivity index (χ2n) is 9.19. The van der Waals surface area contributed by atoms with E-state index in [0.29, 0.717) is 0 Å². The molecule has 1 fully saturated rings. The second kappa shape index (κ2) is 10.4. The van der Waals surface area contributed by atoms with E-state index in [1.807, 2.05) is 53.4 Å². The third kappa shape index (κ3) is 5.71. The summed E-state index contributed by atoms with van der Waals surface area (Å²) in [5.74, 6) is -0.765. The third-order valence-corrected chi connectivity index (χ3v) is 9.29. The number of carbonyl (C=O) groups excluding carboxylic acids is 1. The van der Waals surface area contributed by atoms with Crippen LogP contribution in [0.5, 0.6) is 5.75 Å². The van der Waals surface area contributed by atoms with Crippen molar-refractivity contribution in [2.24, 2.45) is 0 Å². The maximum Gasteiger partial charge on any atom is 0.573 e. The Hall–Kier alpha value is -3.26. The molecule has 5 rings (SSSR count). The molecule has 4 atom stereocenters. The first kappa shape index (κ1) is 27.3. The lowest BCUT2D eigenvalue weighted by atomic mass is 9.95. The Bertz CT molecular complexity index is 1440. The Balaban J connectivity index is 1.47. The minimum Gasteiger partial charge on any atom is -0.406 e. The van der Waals surface area contributed by atoms with E-state index in [9.17, 15) is 27.3 Å². The van der Waals surface area contributed by atoms with E-state index in [1.54, 1.807) is 11.8 Å². The van der Waals surface area contributed by atoms with Gasteiger partial charge in [-0.25, -0.2) is 13.7 Å². The van der Waals surface area contributed by atoms with Crippen LogP contribution in [-0.2, 0) is 14.7 Å². The number of para-hydroxylation sites is 2. The quantitative estimate of drug-likeness (QED) is 0.403. The average Bonchev–Trinajstić information content (AvgIpc) is 2.88. The van der Waals surface area contributed by atoms with Gasteiger partial charge in [0.2, 0.25) is 5.91 Å². The van der Waals surface area contributed by atoms with Crippen LogP contribution in [0.4, 0.5) is 24.5 Å². The summed E-state index contributed by atoms with van der Waals surface area (Å²) in [5.41, 5.74) is 1.70. The number of likely N-dealkylation sites (tertiary alicyclic amines) is 1. The Labute approximate surface area is 227 Å². The van der Waals surface area contributed by atoms with Crippen molar-refractivity contribution in [1.29, 1.82) is 4.78 Å². The van der Waals surface area contributed by atoms with Crippen LogP contribution in [0.25, 0.3) is 0 Å². The number of amides is 1. The Kier molecular flexibility index (Phi) is 7.27. The van der Waals surface area contributed by atoms with Crippen molar-refractivity contribution < 1.29 is 32.0 Å². The monoisotopic (exact) mass is 578 g/mol. The smallest absolute Gasteiger partial charge is 0.406 e. The van der Waals surface area contributed by atoms with Crippen LogP contribution in [0.15, 0.2) is 87.5 Å². The highest BCUT2D eigenvalue weighted by Crippen LogP contribution is 2.49. The van der Waals surface area contributed by atoms with E-state index in [0.717, 1.165) is 45.4 Å². The number of rotatable bonds is 5. The van der Waals surface area contributed by atoms with E-state index < -0.39 is 40.2 Å². The van der Waals surface area contributed by atoms with Gasteiger partial charge in [0, 0.05) is 29.8 Å². The molecule has 1 amide bonds. The van der Waals surface area contributed by atoms with Gasteiger partial charge in [0.1, 0.15) is 15.7 Å². The number of anilines is 2. The molecule has 2 aliphatic rings. The molecule has 206 valence electrons. The minimum absolute atomic E-state index is 0.00990. The maximum atomic E-state index is 13.4. The highest BCUT2D eigenvalue weighted by Gasteiger charge is 2.43. The predicted octanol–water partition coefficient (Wildman–Crippen LogP) is 4.76. The molecule has 0 saturated carbocycles. The molecule has 3 aromatic carbocycles. The van der Waals surface area contributed by atoms with Gasteiger partial charge in [-0.15, -0.1) is 13.2 Å². The first-order valence-electron chi connectivity index (χ1n) is 11.9. The van der Waals surface area contributed by atoms with Crippen LogP contribution in [0.1, 0.15) is 6.92 Å². The molecule has 4 unspecified atom stereocenters. The zero-order valence-electron chi connectivity index (χ0n) is 20.6. The fourth-order valence-electron chi connectivity index (χ4n) is 4.83. The molecule has 1 saturated heterocycles. The van der Waals surface area contributed by atoms with Gasteiger partial charge in [-0.1, -0.05) is 36.0 Å². The molecule has 3 N–H and O–H groups in total. The van der Waals surface area contributed by atoms with Crippen molar-refractivity contribution in [3.05, 3.63) is 72.8 Å². The van der Waals surface area contributed by atoms with Crippen LogP contribution in [-0.4, -0.2) is 57.8 Å². The van der Waals surface area contributed by atoms with Crippen molar-refractivity contribution >= 4 is 39.0 Å². The SMILES string of the molecule is CC(=O)N1CC(NS(=N)(=O)c2ccc(OC(F)(F)F)cc2)C(O)C(N2c3ccccc3Sc3ccccc32)C1. The summed E-state index contributed by atoms with van der Waals surface area (Å²) >= 11 is 1.60. The second-order valence-corrected chi connectivity index (χ2v) is 12.1. The number of nitrogens with zero attached hydrogens (tertiary/aromatic N) is 2. The zero-order chi connectivity index (χ0) is 27.9. The number of nitrogens with one attached hydrogen (secondary N) is 2. The Morgan fingerprint density at radius 3 is 2.13 bits per heavy atom. The van der Waals surface area contributed by atoms with Gasteiger partial charge in [0.15, 0.2) is 0 Å². The summed E-state index contributed by atoms with van der Waals surface area (Å²) in [5, 5.41) is 11.6. The number of halogens is 3. The predicted molar refractivity (Wildman–Crippen MR) is 140 cm³/mol. The molecule has 2 aliphatic heterocycles. The highest BCUT2D eigenvalue weighted by molar-refractivity contribution is 7.99. The normalized spacial score (nSPS) is 22.4. The summed E-state index contributed by atoms with van der Waals surface area (Å²) in [7, 11) is -3.78. The minimum atomic E-state index is -4.89. The number of alkyl halides is 3. The molecular weight excluding hydrogens is 553 g/mol. The van der Waals surface area contributed by atoms with Crippen molar-refractivity contribution in [3.63, 3.8) is 0 Å². The molecule has 0 spiro atoms. The molecular formula is C26H25F3N4O4S2. The molecule has 8 nitrogen and oxygen atoms in total. The summed E-state index contributed by atoms with van der Waals surface area (Å²) < 4.78 is 66.0. The van der Waals surface area contributed by atoms with Gasteiger partial charge >= 0.3 is 6.36 Å². The lowest BCUT2D eigenvalue weighted by Gasteiger charge is -2.48. The van der Waals surface area contributed by atoms with Gasteiger partial charge < -0.3 is 19.6 Å². The molecule has 0 aromatic heterocycles. The fourth-order valence-corrected chi connectivity index (χ4v) is 7.19. The van der Waals surface area contributed by atoms with E-state index in [2.05, 4.69) is 9.46 Å². The number of aliphatic hydroxyl groups is 1. The number of fused-ring (bicyclic) bond motifs is 2. The molecule has 0 aliphatic carbocycles. The van der Waals surface area contributed by atoms with Crippen LogP contribution in [0, 0.1) is 4.78 Å². The van der Waals surface area contributed by atoms with Crippen molar-refractivity contribution in [2.45, 2.75) is 46.2 Å². The lowest BCUT2D eigenvalue weighted by Crippen LogP contribution is -2.65. The van der Waals surface area contributed by atoms with Gasteiger partial charge in [-0.05, 0) is 48.5 Å². The molecule has 2 heterocycles. The van der Waals surface area contributed by atoms with Crippen molar-refractivity contribution in [2.75, 3.05) is 18.0 Å². The lowest BCUT2D eigenvalue weighted by molar-refractivity contribution is -0.274. The van der Waals surface area contributed by atoms with Crippen molar-refractivity contribution in [3.8, 4) is 5.75 Å². The Morgan fingerprint density at radius 2 is 1.59 bits per heavy atom. The molecule has 39 heavy (non-hydrogen) atoms. The summed E-state index contributed by atoms with van der Waals surface area (Å²) in [6, 6.07) is 17.9. The van der Waals surface area contributed by atoms with E-state index >= 15 is 0 Å². The number of hydrogen-bond acceptors (Lipinski definition) is 7. The van der Waals surface area contributed by atoms with E-state index in [-0.39, 0.29) is 23.9 Å². The summed E-state index contributed by atoms with van der Waals surface area (Å²) in [6.45, 7) is 1.58. The van der Waals surface area contributed by atoms with E-state index in [1.165, 1.54) is 11.8 Å². The van der Waals surface area contributed by atoms with Crippen LogP contribution in [0.2, 0.25) is 0 Å². The van der Waals surface area contributed by atoms with Gasteiger partial charge in [-0.3, -0.25) is 4.79 Å². The van der Waals surface area contributed by atoms with E-state index in [4.69, 9.17) is 4.78 Å².